The Kier molecular flexibility index (Phi) is 5.30. The number of aryl methyl sites for hydroxylation is 1. The molecule has 0 bridgehead atoms. The van der Waals surface area contributed by atoms with Crippen LogP contribution in [0.3, 0.4) is 0 Å². The highest BCUT2D eigenvalue weighted by Crippen LogP contribution is 2.15. The lowest BCUT2D eigenvalue weighted by atomic mass is 10.0. The topological polar surface area (TPSA) is 84.2 Å². The number of carboxylic acids is 1. The average Bonchev–Trinajstić information content (AvgIpc) is 2.79. The Morgan fingerprint density at radius 3 is 2.35 bits per heavy atom. The van der Waals surface area contributed by atoms with Crippen molar-refractivity contribution in [2.24, 2.45) is 5.92 Å². The molecule has 1 aromatic rings. The Morgan fingerprint density at radius 1 is 1.35 bits per heavy atom. The molecule has 0 aromatic carbocycles. The summed E-state index contributed by atoms with van der Waals surface area (Å²) < 4.78 is 1.60. The van der Waals surface area contributed by atoms with Crippen LogP contribution in [0.4, 0.5) is 0 Å². The number of aromatic nitrogens is 2. The molecule has 112 valence electrons. The van der Waals surface area contributed by atoms with Crippen molar-refractivity contribution in [1.82, 2.24) is 15.1 Å². The maximum atomic E-state index is 12.2. The maximum absolute atomic E-state index is 12.2. The van der Waals surface area contributed by atoms with E-state index < -0.39 is 17.9 Å². The summed E-state index contributed by atoms with van der Waals surface area (Å²) in [4.78, 5) is 23.4. The summed E-state index contributed by atoms with van der Waals surface area (Å²) in [5, 5.41) is 16.0. The van der Waals surface area contributed by atoms with Crippen molar-refractivity contribution in [1.29, 1.82) is 0 Å². The third-order valence-electron chi connectivity index (χ3n) is 3.14. The highest BCUT2D eigenvalue weighted by molar-refractivity contribution is 5.95. The largest absolute Gasteiger partial charge is 0.480 e. The smallest absolute Gasteiger partial charge is 0.326 e. The first-order chi connectivity index (χ1) is 9.27. The highest BCUT2D eigenvalue weighted by Gasteiger charge is 2.26. The second-order valence-corrected chi connectivity index (χ2v) is 5.46. The Morgan fingerprint density at radius 2 is 1.95 bits per heavy atom. The van der Waals surface area contributed by atoms with E-state index in [4.69, 9.17) is 5.11 Å². The van der Waals surface area contributed by atoms with Crippen LogP contribution in [0.5, 0.6) is 0 Å². The fourth-order valence-corrected chi connectivity index (χ4v) is 1.87. The molecule has 0 radical (unpaired) electrons. The van der Waals surface area contributed by atoms with Gasteiger partial charge >= 0.3 is 5.97 Å². The zero-order valence-electron chi connectivity index (χ0n) is 12.7. The second-order valence-electron chi connectivity index (χ2n) is 5.46. The molecule has 0 aliphatic heterocycles. The number of aliphatic carboxylic acids is 1. The molecular formula is C14H23N3O3. The quantitative estimate of drug-likeness (QED) is 0.833. The predicted molar refractivity (Wildman–Crippen MR) is 75.7 cm³/mol. The van der Waals surface area contributed by atoms with Crippen molar-refractivity contribution in [2.45, 2.75) is 53.1 Å². The lowest BCUT2D eigenvalue weighted by Gasteiger charge is -2.17. The van der Waals surface area contributed by atoms with Crippen molar-refractivity contribution in [3.8, 4) is 0 Å². The molecule has 0 aliphatic rings. The molecule has 1 aromatic heterocycles. The van der Waals surface area contributed by atoms with Crippen molar-refractivity contribution >= 4 is 11.9 Å². The Bertz CT molecular complexity index is 492. The van der Waals surface area contributed by atoms with Crippen LogP contribution < -0.4 is 5.32 Å². The molecule has 1 heterocycles. The highest BCUT2D eigenvalue weighted by atomic mass is 16.4. The Balaban J connectivity index is 2.99. The van der Waals surface area contributed by atoms with Crippen LogP contribution in [-0.2, 0) is 11.3 Å². The molecule has 6 nitrogen and oxygen atoms in total. The van der Waals surface area contributed by atoms with Crippen LogP contribution in [0.25, 0.3) is 0 Å². The number of nitrogens with one attached hydrogen (secondary N) is 1. The molecule has 1 rings (SSSR count). The molecule has 20 heavy (non-hydrogen) atoms. The van der Waals surface area contributed by atoms with Gasteiger partial charge in [-0.05, 0) is 24.8 Å². The number of carbonyl (C=O) groups excluding carboxylic acids is 1. The summed E-state index contributed by atoms with van der Waals surface area (Å²) in [5.74, 6) is -1.39. The minimum absolute atomic E-state index is 0.181. The number of carboxylic acid groups (broad SMARTS) is 1. The van der Waals surface area contributed by atoms with E-state index in [1.54, 1.807) is 24.6 Å². The van der Waals surface area contributed by atoms with Crippen molar-refractivity contribution in [3.05, 3.63) is 17.5 Å². The molecule has 0 saturated heterocycles. The third-order valence-corrected chi connectivity index (χ3v) is 3.14. The summed E-state index contributed by atoms with van der Waals surface area (Å²) in [5.41, 5.74) is 1.23. The fraction of sp³-hybridized carbons (Fsp3) is 0.643. The number of nitrogens with zero attached hydrogens (tertiary/aromatic N) is 2. The molecule has 0 unspecified atom stereocenters. The van der Waals surface area contributed by atoms with Gasteiger partial charge in [0.15, 0.2) is 0 Å². The van der Waals surface area contributed by atoms with Gasteiger partial charge in [-0.15, -0.1) is 0 Å². The van der Waals surface area contributed by atoms with E-state index in [2.05, 4.69) is 10.4 Å². The molecule has 1 amide bonds. The van der Waals surface area contributed by atoms with Gasteiger partial charge in [-0.3, -0.25) is 9.48 Å². The van der Waals surface area contributed by atoms with Gasteiger partial charge in [-0.1, -0.05) is 27.7 Å². The summed E-state index contributed by atoms with van der Waals surface area (Å²) in [6.45, 7) is 9.97. The van der Waals surface area contributed by atoms with Crippen molar-refractivity contribution < 1.29 is 14.7 Å². The normalized spacial score (nSPS) is 12.8. The maximum Gasteiger partial charge on any atom is 0.326 e. The molecular weight excluding hydrogens is 258 g/mol. The van der Waals surface area contributed by atoms with Gasteiger partial charge < -0.3 is 10.4 Å². The van der Waals surface area contributed by atoms with Crippen LogP contribution in [0, 0.1) is 5.92 Å². The number of rotatable bonds is 6. The van der Waals surface area contributed by atoms with Gasteiger partial charge in [0.25, 0.3) is 5.91 Å². The van der Waals surface area contributed by atoms with E-state index >= 15 is 0 Å². The van der Waals surface area contributed by atoms with E-state index in [0.29, 0.717) is 12.2 Å². The van der Waals surface area contributed by atoms with Crippen molar-refractivity contribution in [2.75, 3.05) is 0 Å². The summed E-state index contributed by atoms with van der Waals surface area (Å²) >= 11 is 0. The minimum atomic E-state index is -1.03. The minimum Gasteiger partial charge on any atom is -0.480 e. The molecule has 1 atom stereocenters. The standard InChI is InChI=1S/C14H23N3O3/c1-6-17-11(7-10(16-17)8(2)3)13(18)15-12(9(4)5)14(19)20/h7-9,12H,6H2,1-5H3,(H,15,18)(H,19,20)/t12-/m1/s1. The van der Waals surface area contributed by atoms with Gasteiger partial charge in [-0.25, -0.2) is 4.79 Å². The van der Waals surface area contributed by atoms with Gasteiger partial charge in [0.1, 0.15) is 11.7 Å². The van der Waals surface area contributed by atoms with Crippen LogP contribution in [0.2, 0.25) is 0 Å². The third kappa shape index (κ3) is 3.59. The summed E-state index contributed by atoms with van der Waals surface area (Å²) in [6, 6.07) is 0.827. The molecule has 0 fully saturated rings. The number of carbonyl (C=O) groups is 2. The predicted octanol–water partition coefficient (Wildman–Crippen LogP) is 1.87. The van der Waals surface area contributed by atoms with Gasteiger partial charge in [0, 0.05) is 6.54 Å². The van der Waals surface area contributed by atoms with Crippen molar-refractivity contribution in [3.63, 3.8) is 0 Å². The lowest BCUT2D eigenvalue weighted by molar-refractivity contribution is -0.140. The van der Waals surface area contributed by atoms with E-state index in [-0.39, 0.29) is 11.8 Å². The van der Waals surface area contributed by atoms with Gasteiger partial charge in [0.2, 0.25) is 0 Å². The fourth-order valence-electron chi connectivity index (χ4n) is 1.87. The first kappa shape index (κ1) is 16.2. The zero-order chi connectivity index (χ0) is 15.4. The molecule has 0 saturated carbocycles. The van der Waals surface area contributed by atoms with E-state index in [1.807, 2.05) is 20.8 Å². The molecule has 6 heteroatoms. The monoisotopic (exact) mass is 281 g/mol. The van der Waals surface area contributed by atoms with Crippen LogP contribution in [0.1, 0.15) is 56.7 Å². The van der Waals surface area contributed by atoms with Gasteiger partial charge in [0.05, 0.1) is 5.69 Å². The number of hydrogen-bond acceptors (Lipinski definition) is 3. The van der Waals surface area contributed by atoms with Crippen LogP contribution in [0.15, 0.2) is 6.07 Å². The van der Waals surface area contributed by atoms with E-state index in [1.165, 1.54) is 0 Å². The average molecular weight is 281 g/mol. The van der Waals surface area contributed by atoms with Crippen LogP contribution in [-0.4, -0.2) is 32.8 Å². The molecule has 2 N–H and O–H groups in total. The Hall–Kier alpha value is -1.85. The first-order valence-corrected chi connectivity index (χ1v) is 6.89. The molecule has 0 aliphatic carbocycles. The summed E-state index contributed by atoms with van der Waals surface area (Å²) in [6.07, 6.45) is 0. The molecule has 0 spiro atoms. The number of amides is 1. The van der Waals surface area contributed by atoms with Gasteiger partial charge in [-0.2, -0.15) is 5.10 Å². The zero-order valence-corrected chi connectivity index (χ0v) is 12.7. The summed E-state index contributed by atoms with van der Waals surface area (Å²) in [7, 11) is 0. The number of hydrogen-bond donors (Lipinski definition) is 2. The van der Waals surface area contributed by atoms with E-state index in [0.717, 1.165) is 5.69 Å². The lowest BCUT2D eigenvalue weighted by Crippen LogP contribution is -2.44. The van der Waals surface area contributed by atoms with Crippen LogP contribution >= 0.6 is 0 Å². The Labute approximate surface area is 119 Å². The first-order valence-electron chi connectivity index (χ1n) is 6.89. The SMILES string of the molecule is CCn1nc(C(C)C)cc1C(=O)N[C@@H](C(=O)O)C(C)C. The van der Waals surface area contributed by atoms with E-state index in [9.17, 15) is 9.59 Å². The second kappa shape index (κ2) is 6.54.